The van der Waals surface area contributed by atoms with Crippen LogP contribution in [0, 0.1) is 11.8 Å². The second-order valence-electron chi connectivity index (χ2n) is 5.72. The van der Waals surface area contributed by atoms with Crippen LogP contribution in [0.15, 0.2) is 12.3 Å². The van der Waals surface area contributed by atoms with Gasteiger partial charge in [0.15, 0.2) is 0 Å². The summed E-state index contributed by atoms with van der Waals surface area (Å²) in [5.41, 5.74) is 3.36. The Labute approximate surface area is 122 Å². The first-order valence-electron chi connectivity index (χ1n) is 7.53. The fourth-order valence-corrected chi connectivity index (χ4v) is 3.40. The third-order valence-electron chi connectivity index (χ3n) is 4.35. The lowest BCUT2D eigenvalue weighted by molar-refractivity contribution is -0.199. The van der Waals surface area contributed by atoms with Crippen molar-refractivity contribution in [3.63, 3.8) is 0 Å². The number of hydrogen-bond donors (Lipinski definition) is 2. The van der Waals surface area contributed by atoms with E-state index in [-0.39, 0.29) is 6.42 Å². The largest absolute Gasteiger partial charge is 0.392 e. The lowest BCUT2D eigenvalue weighted by Gasteiger charge is -2.38. The van der Waals surface area contributed by atoms with Crippen molar-refractivity contribution in [3.8, 4) is 0 Å². The highest BCUT2D eigenvalue weighted by Gasteiger charge is 2.48. The fraction of sp³-hybridized carbons (Fsp3) is 0.786. The number of halogens is 3. The third kappa shape index (κ3) is 3.58. The summed E-state index contributed by atoms with van der Waals surface area (Å²) < 4.78 is 41.6. The lowest BCUT2D eigenvalue weighted by Crippen LogP contribution is -2.43. The molecular formula is C14H23F3N4. The molecule has 3 unspecified atom stereocenters. The van der Waals surface area contributed by atoms with E-state index in [1.165, 1.54) is 0 Å². The smallest absolute Gasteiger partial charge is 0.271 e. The van der Waals surface area contributed by atoms with E-state index in [9.17, 15) is 13.2 Å². The second-order valence-corrected chi connectivity index (χ2v) is 5.72. The van der Waals surface area contributed by atoms with Crippen LogP contribution in [0.5, 0.6) is 0 Å². The Morgan fingerprint density at radius 2 is 2.14 bits per heavy atom. The van der Waals surface area contributed by atoms with Crippen LogP contribution in [0.4, 0.5) is 13.2 Å². The molecule has 0 amide bonds. The average molecular weight is 304 g/mol. The van der Waals surface area contributed by atoms with Gasteiger partial charge in [-0.25, -0.2) is 0 Å². The molecular weight excluding hydrogens is 281 g/mol. The van der Waals surface area contributed by atoms with Gasteiger partial charge in [0.25, 0.3) is 0 Å². The maximum atomic E-state index is 13.3. The summed E-state index contributed by atoms with van der Waals surface area (Å²) in [4.78, 5) is 0. The summed E-state index contributed by atoms with van der Waals surface area (Å²) in [6.07, 6.45) is 0.504. The van der Waals surface area contributed by atoms with Crippen LogP contribution >= 0.6 is 0 Å². The van der Waals surface area contributed by atoms with Crippen molar-refractivity contribution in [2.45, 2.75) is 57.8 Å². The van der Waals surface area contributed by atoms with Crippen molar-refractivity contribution >= 4 is 0 Å². The highest BCUT2D eigenvalue weighted by molar-refractivity contribution is 5.10. The Morgan fingerprint density at radius 3 is 2.76 bits per heavy atom. The first kappa shape index (κ1) is 16.3. The van der Waals surface area contributed by atoms with Gasteiger partial charge in [-0.3, -0.25) is 16.0 Å². The monoisotopic (exact) mass is 304 g/mol. The maximum Gasteiger partial charge on any atom is 0.392 e. The predicted molar refractivity (Wildman–Crippen MR) is 74.1 cm³/mol. The van der Waals surface area contributed by atoms with Crippen molar-refractivity contribution in [1.82, 2.24) is 15.2 Å². The van der Waals surface area contributed by atoms with E-state index < -0.39 is 24.1 Å². The molecule has 1 fully saturated rings. The number of aryl methyl sites for hydroxylation is 1. The molecule has 3 N–H and O–H groups in total. The SMILES string of the molecule is CCCn1nccc1C(NN)C1CCCCC1C(F)(F)F. The number of nitrogens with one attached hydrogen (secondary N) is 1. The standard InChI is InChI=1S/C14H23F3N4/c1-2-9-21-12(7-8-19-21)13(20-18)10-5-3-4-6-11(10)14(15,16)17/h7-8,10-11,13,20H,2-6,9,18H2,1H3. The zero-order chi connectivity index (χ0) is 15.5. The summed E-state index contributed by atoms with van der Waals surface area (Å²) >= 11 is 0. The van der Waals surface area contributed by atoms with Gasteiger partial charge in [0.1, 0.15) is 0 Å². The Bertz CT molecular complexity index is 444. The molecule has 0 radical (unpaired) electrons. The Balaban J connectivity index is 2.27. The number of alkyl halides is 3. The van der Waals surface area contributed by atoms with Crippen molar-refractivity contribution in [1.29, 1.82) is 0 Å². The normalized spacial score (nSPS) is 25.0. The van der Waals surface area contributed by atoms with Crippen molar-refractivity contribution < 1.29 is 13.2 Å². The number of nitrogens with two attached hydrogens (primary N) is 1. The Kier molecular flexibility index (Phi) is 5.27. The van der Waals surface area contributed by atoms with Crippen LogP contribution in [0.1, 0.15) is 50.8 Å². The zero-order valence-corrected chi connectivity index (χ0v) is 12.2. The molecule has 0 spiro atoms. The molecule has 1 aromatic rings. The van der Waals surface area contributed by atoms with Gasteiger partial charge in [0, 0.05) is 12.7 Å². The number of hydrogen-bond acceptors (Lipinski definition) is 3. The third-order valence-corrected chi connectivity index (χ3v) is 4.35. The summed E-state index contributed by atoms with van der Waals surface area (Å²) in [7, 11) is 0. The summed E-state index contributed by atoms with van der Waals surface area (Å²) in [5.74, 6) is 3.78. The van der Waals surface area contributed by atoms with E-state index in [0.717, 1.165) is 18.5 Å². The quantitative estimate of drug-likeness (QED) is 0.649. The highest BCUT2D eigenvalue weighted by atomic mass is 19.4. The van der Waals surface area contributed by atoms with Gasteiger partial charge in [0.05, 0.1) is 17.7 Å². The molecule has 21 heavy (non-hydrogen) atoms. The van der Waals surface area contributed by atoms with Crippen LogP contribution in [0.3, 0.4) is 0 Å². The minimum absolute atomic E-state index is 0.189. The molecule has 7 heteroatoms. The average Bonchev–Trinajstić information content (AvgIpc) is 2.88. The summed E-state index contributed by atoms with van der Waals surface area (Å²) in [6, 6.07) is 1.26. The molecule has 3 atom stereocenters. The molecule has 0 saturated heterocycles. The first-order valence-corrected chi connectivity index (χ1v) is 7.53. The fourth-order valence-electron chi connectivity index (χ4n) is 3.40. The molecule has 1 aromatic heterocycles. The van der Waals surface area contributed by atoms with E-state index in [4.69, 9.17) is 5.84 Å². The first-order chi connectivity index (χ1) is 9.99. The van der Waals surface area contributed by atoms with Gasteiger partial charge in [-0.1, -0.05) is 19.8 Å². The minimum Gasteiger partial charge on any atom is -0.271 e. The zero-order valence-electron chi connectivity index (χ0n) is 12.2. The Hall–Kier alpha value is -1.08. The van der Waals surface area contributed by atoms with Crippen LogP contribution < -0.4 is 11.3 Å². The van der Waals surface area contributed by atoms with Gasteiger partial charge in [-0.05, 0) is 31.2 Å². The van der Waals surface area contributed by atoms with E-state index in [2.05, 4.69) is 10.5 Å². The van der Waals surface area contributed by atoms with E-state index in [0.29, 0.717) is 19.4 Å². The van der Waals surface area contributed by atoms with Gasteiger partial charge >= 0.3 is 6.18 Å². The van der Waals surface area contributed by atoms with Gasteiger partial charge in [0.2, 0.25) is 0 Å². The maximum absolute atomic E-state index is 13.3. The Morgan fingerprint density at radius 1 is 1.43 bits per heavy atom. The highest BCUT2D eigenvalue weighted by Crippen LogP contribution is 2.46. The molecule has 1 aliphatic rings. The van der Waals surface area contributed by atoms with E-state index >= 15 is 0 Å². The number of aromatic nitrogens is 2. The number of hydrazine groups is 1. The summed E-state index contributed by atoms with van der Waals surface area (Å²) in [6.45, 7) is 2.69. The van der Waals surface area contributed by atoms with E-state index in [1.54, 1.807) is 16.9 Å². The topological polar surface area (TPSA) is 55.9 Å². The van der Waals surface area contributed by atoms with Crippen LogP contribution in [-0.4, -0.2) is 16.0 Å². The van der Waals surface area contributed by atoms with Gasteiger partial charge in [-0.2, -0.15) is 18.3 Å². The van der Waals surface area contributed by atoms with Crippen LogP contribution in [0.25, 0.3) is 0 Å². The molecule has 0 aliphatic heterocycles. The van der Waals surface area contributed by atoms with Gasteiger partial charge < -0.3 is 0 Å². The molecule has 0 bridgehead atoms. The molecule has 1 heterocycles. The second kappa shape index (κ2) is 6.79. The van der Waals surface area contributed by atoms with Crippen molar-refractivity contribution in [2.24, 2.45) is 17.7 Å². The predicted octanol–water partition coefficient (Wildman–Crippen LogP) is 3.17. The lowest BCUT2D eigenvalue weighted by atomic mass is 9.74. The van der Waals surface area contributed by atoms with Crippen molar-refractivity contribution in [2.75, 3.05) is 0 Å². The van der Waals surface area contributed by atoms with E-state index in [1.807, 2.05) is 6.92 Å². The van der Waals surface area contributed by atoms with Crippen LogP contribution in [-0.2, 0) is 6.54 Å². The summed E-state index contributed by atoms with van der Waals surface area (Å²) in [5, 5.41) is 4.20. The number of rotatable bonds is 5. The number of nitrogens with zero attached hydrogens (tertiary/aromatic N) is 2. The molecule has 4 nitrogen and oxygen atoms in total. The van der Waals surface area contributed by atoms with Crippen LogP contribution in [0.2, 0.25) is 0 Å². The molecule has 0 aromatic carbocycles. The molecule has 120 valence electrons. The van der Waals surface area contributed by atoms with Crippen molar-refractivity contribution in [3.05, 3.63) is 18.0 Å². The molecule has 1 aliphatic carbocycles. The molecule has 2 rings (SSSR count). The minimum atomic E-state index is -4.17. The van der Waals surface area contributed by atoms with Gasteiger partial charge in [-0.15, -0.1) is 0 Å². The molecule has 1 saturated carbocycles.